The predicted octanol–water partition coefficient (Wildman–Crippen LogP) is 2.10. The number of nitrogens with one attached hydrogen (secondary N) is 2. The highest BCUT2D eigenvalue weighted by molar-refractivity contribution is 6.30. The number of aryl methyl sites for hydroxylation is 1. The molecule has 0 amide bonds. The molecule has 2 heterocycles. The van der Waals surface area contributed by atoms with Gasteiger partial charge in [-0.2, -0.15) is 9.50 Å². The van der Waals surface area contributed by atoms with E-state index in [0.717, 1.165) is 5.56 Å². The summed E-state index contributed by atoms with van der Waals surface area (Å²) < 4.78 is 5.98. The lowest BCUT2D eigenvalue weighted by molar-refractivity contribution is -0.140. The van der Waals surface area contributed by atoms with Crippen LogP contribution in [0.2, 0.25) is 5.02 Å². The molecule has 1 aromatic carbocycles. The van der Waals surface area contributed by atoms with Gasteiger partial charge in [-0.25, -0.2) is 4.98 Å². The minimum absolute atomic E-state index is 0.0647. The monoisotopic (exact) mass is 361 g/mol. The molecular weight excluding hydrogens is 346 g/mol. The van der Waals surface area contributed by atoms with Crippen LogP contribution in [0, 0.1) is 6.92 Å². The maximum atomic E-state index is 12.0. The molecule has 0 spiro atoms. The van der Waals surface area contributed by atoms with Crippen molar-refractivity contribution in [2.75, 3.05) is 12.4 Å². The first kappa shape index (κ1) is 17.0. The SMILES string of the molecule is COC(=O)CC(Nc1nc2nc(C)cc(=O)n2[nH]1)c1cccc(Cl)c1. The number of carbonyl (C=O) groups excluding carboxylic acids is 1. The van der Waals surface area contributed by atoms with Gasteiger partial charge in [-0.15, -0.1) is 0 Å². The Morgan fingerprint density at radius 3 is 2.92 bits per heavy atom. The zero-order valence-electron chi connectivity index (χ0n) is 13.6. The first-order valence-corrected chi connectivity index (χ1v) is 7.89. The number of ether oxygens (including phenoxy) is 1. The topological polar surface area (TPSA) is 101 Å². The molecule has 1 unspecified atom stereocenters. The van der Waals surface area contributed by atoms with Gasteiger partial charge >= 0.3 is 5.97 Å². The van der Waals surface area contributed by atoms with Crippen molar-refractivity contribution in [1.29, 1.82) is 0 Å². The Hall–Kier alpha value is -2.87. The molecule has 0 saturated carbocycles. The molecule has 8 nitrogen and oxygen atoms in total. The molecule has 0 aliphatic rings. The number of aromatic nitrogens is 4. The minimum atomic E-state index is -0.441. The number of benzene rings is 1. The second kappa shape index (κ2) is 6.94. The number of hydrogen-bond acceptors (Lipinski definition) is 6. The van der Waals surface area contributed by atoms with Gasteiger partial charge in [0, 0.05) is 16.8 Å². The van der Waals surface area contributed by atoms with Crippen LogP contribution in [0.4, 0.5) is 5.95 Å². The third-order valence-electron chi connectivity index (χ3n) is 3.62. The van der Waals surface area contributed by atoms with Crippen molar-refractivity contribution in [3.8, 4) is 0 Å². The van der Waals surface area contributed by atoms with Crippen molar-refractivity contribution in [3.05, 3.63) is 57.0 Å². The number of halogens is 1. The second-order valence-electron chi connectivity index (χ2n) is 5.48. The van der Waals surface area contributed by atoms with Crippen molar-refractivity contribution in [2.24, 2.45) is 0 Å². The molecule has 9 heteroatoms. The van der Waals surface area contributed by atoms with E-state index in [1.165, 1.54) is 17.7 Å². The molecule has 0 radical (unpaired) electrons. The Morgan fingerprint density at radius 2 is 2.20 bits per heavy atom. The van der Waals surface area contributed by atoms with Crippen LogP contribution in [-0.2, 0) is 9.53 Å². The van der Waals surface area contributed by atoms with E-state index in [4.69, 9.17) is 16.3 Å². The molecule has 25 heavy (non-hydrogen) atoms. The third kappa shape index (κ3) is 3.80. The summed E-state index contributed by atoms with van der Waals surface area (Å²) in [4.78, 5) is 32.2. The summed E-state index contributed by atoms with van der Waals surface area (Å²) in [5, 5.41) is 6.48. The van der Waals surface area contributed by atoms with Gasteiger partial charge in [0.25, 0.3) is 11.3 Å². The van der Waals surface area contributed by atoms with Crippen LogP contribution >= 0.6 is 11.6 Å². The Bertz CT molecular complexity index is 981. The number of rotatable bonds is 5. The van der Waals surface area contributed by atoms with E-state index in [2.05, 4.69) is 20.4 Å². The summed E-state index contributed by atoms with van der Waals surface area (Å²) in [5.41, 5.74) is 1.09. The smallest absolute Gasteiger partial charge is 0.307 e. The molecule has 3 aromatic rings. The van der Waals surface area contributed by atoms with E-state index < -0.39 is 6.04 Å². The maximum Gasteiger partial charge on any atom is 0.307 e. The molecule has 2 aromatic heterocycles. The molecule has 0 aliphatic heterocycles. The molecule has 0 aliphatic carbocycles. The van der Waals surface area contributed by atoms with Crippen LogP contribution in [0.1, 0.15) is 23.7 Å². The van der Waals surface area contributed by atoms with Crippen LogP contribution in [0.5, 0.6) is 0 Å². The fourth-order valence-electron chi connectivity index (χ4n) is 2.45. The number of nitrogens with zero attached hydrogens (tertiary/aromatic N) is 3. The Kier molecular flexibility index (Phi) is 4.71. The zero-order valence-corrected chi connectivity index (χ0v) is 14.4. The number of anilines is 1. The van der Waals surface area contributed by atoms with Gasteiger partial charge in [0.2, 0.25) is 5.95 Å². The maximum absolute atomic E-state index is 12.0. The normalized spacial score (nSPS) is 12.1. The lowest BCUT2D eigenvalue weighted by atomic mass is 10.0. The quantitative estimate of drug-likeness (QED) is 0.675. The van der Waals surface area contributed by atoms with Crippen molar-refractivity contribution < 1.29 is 9.53 Å². The highest BCUT2D eigenvalue weighted by atomic mass is 35.5. The average molecular weight is 362 g/mol. The zero-order chi connectivity index (χ0) is 18.0. The van der Waals surface area contributed by atoms with Gasteiger partial charge in [-0.1, -0.05) is 23.7 Å². The number of fused-ring (bicyclic) bond motifs is 1. The van der Waals surface area contributed by atoms with Crippen LogP contribution in [0.3, 0.4) is 0 Å². The summed E-state index contributed by atoms with van der Waals surface area (Å²) in [6, 6.07) is 8.08. The van der Waals surface area contributed by atoms with E-state index in [-0.39, 0.29) is 23.7 Å². The van der Waals surface area contributed by atoms with Crippen molar-refractivity contribution >= 4 is 29.3 Å². The van der Waals surface area contributed by atoms with E-state index in [9.17, 15) is 9.59 Å². The molecule has 0 bridgehead atoms. The second-order valence-corrected chi connectivity index (χ2v) is 5.91. The minimum Gasteiger partial charge on any atom is -0.469 e. The largest absolute Gasteiger partial charge is 0.469 e. The molecule has 0 saturated heterocycles. The lowest BCUT2D eigenvalue weighted by Crippen LogP contribution is -2.18. The van der Waals surface area contributed by atoms with Crippen LogP contribution in [0.25, 0.3) is 5.78 Å². The van der Waals surface area contributed by atoms with Crippen molar-refractivity contribution in [2.45, 2.75) is 19.4 Å². The molecule has 2 N–H and O–H groups in total. The Balaban J connectivity index is 1.96. The highest BCUT2D eigenvalue weighted by Crippen LogP contribution is 2.24. The number of H-pyrrole nitrogens is 1. The number of aromatic amines is 1. The first-order valence-electron chi connectivity index (χ1n) is 7.51. The molecule has 1 atom stereocenters. The molecular formula is C16H16ClN5O3. The summed E-state index contributed by atoms with van der Waals surface area (Å²) in [7, 11) is 1.32. The lowest BCUT2D eigenvalue weighted by Gasteiger charge is -2.17. The highest BCUT2D eigenvalue weighted by Gasteiger charge is 2.19. The van der Waals surface area contributed by atoms with Crippen LogP contribution < -0.4 is 10.9 Å². The fraction of sp³-hybridized carbons (Fsp3) is 0.250. The average Bonchev–Trinajstić information content (AvgIpc) is 2.97. The third-order valence-corrected chi connectivity index (χ3v) is 3.85. The predicted molar refractivity (Wildman–Crippen MR) is 92.8 cm³/mol. The fourth-order valence-corrected chi connectivity index (χ4v) is 2.65. The summed E-state index contributed by atoms with van der Waals surface area (Å²) in [5.74, 6) is 0.166. The van der Waals surface area contributed by atoms with E-state index in [0.29, 0.717) is 16.7 Å². The van der Waals surface area contributed by atoms with Gasteiger partial charge in [0.15, 0.2) is 0 Å². The standard InChI is InChI=1S/C16H16ClN5O3/c1-9-6-13(23)22-16(18-9)20-15(21-22)19-12(8-14(24)25-2)10-4-3-5-11(17)7-10/h3-7,12H,8H2,1-2H3,(H2,18,19,20,21). The summed E-state index contributed by atoms with van der Waals surface area (Å²) in [6.07, 6.45) is 0.0647. The molecule has 0 fully saturated rings. The van der Waals surface area contributed by atoms with Gasteiger partial charge in [0.05, 0.1) is 19.6 Å². The molecule has 130 valence electrons. The van der Waals surface area contributed by atoms with Crippen molar-refractivity contribution in [1.82, 2.24) is 19.6 Å². The summed E-state index contributed by atoms with van der Waals surface area (Å²) >= 11 is 6.04. The van der Waals surface area contributed by atoms with E-state index >= 15 is 0 Å². The Morgan fingerprint density at radius 1 is 1.40 bits per heavy atom. The number of esters is 1. The number of hydrogen-bond donors (Lipinski definition) is 2. The number of carbonyl (C=O) groups is 1. The van der Waals surface area contributed by atoms with E-state index in [1.54, 1.807) is 25.1 Å². The van der Waals surface area contributed by atoms with Gasteiger partial charge in [-0.3, -0.25) is 14.7 Å². The first-order chi connectivity index (χ1) is 12.0. The van der Waals surface area contributed by atoms with E-state index in [1.807, 2.05) is 6.07 Å². The van der Waals surface area contributed by atoms with Crippen molar-refractivity contribution in [3.63, 3.8) is 0 Å². The van der Waals surface area contributed by atoms with Gasteiger partial charge in [0.1, 0.15) is 0 Å². The van der Waals surface area contributed by atoms with Gasteiger partial charge in [-0.05, 0) is 24.6 Å². The summed E-state index contributed by atoms with van der Waals surface area (Å²) in [6.45, 7) is 1.72. The molecule has 3 rings (SSSR count). The number of methoxy groups -OCH3 is 1. The van der Waals surface area contributed by atoms with Crippen LogP contribution in [0.15, 0.2) is 35.1 Å². The Labute approximate surface area is 147 Å². The van der Waals surface area contributed by atoms with Crippen LogP contribution in [-0.4, -0.2) is 32.7 Å². The van der Waals surface area contributed by atoms with Gasteiger partial charge < -0.3 is 10.1 Å².